The summed E-state index contributed by atoms with van der Waals surface area (Å²) in [6.45, 7) is 3.23. The first-order valence-electron chi connectivity index (χ1n) is 2.12. The van der Waals surface area contributed by atoms with Gasteiger partial charge in [0.05, 0.1) is 0 Å². The topological polar surface area (TPSA) is 26.3 Å². The maximum atomic E-state index is 10.3. The third-order valence-electron chi connectivity index (χ3n) is 0.514. The van der Waals surface area contributed by atoms with Crippen LogP contribution in [0, 0.1) is 0 Å². The molecule has 0 aliphatic carbocycles. The van der Waals surface area contributed by atoms with Gasteiger partial charge in [-0.1, -0.05) is 0 Å². The Morgan fingerprint density at radius 3 is 2.25 bits per heavy atom. The minimum atomic E-state index is 0.0179. The van der Waals surface area contributed by atoms with Gasteiger partial charge in [-0.15, -0.1) is 0 Å². The molecule has 0 rings (SSSR count). The molecule has 0 heterocycles. The number of hydrogen-bond donors (Lipinski definition) is 0. The van der Waals surface area contributed by atoms with Crippen molar-refractivity contribution < 1.29 is 27.6 Å². The van der Waals surface area contributed by atoms with Gasteiger partial charge in [-0.2, -0.15) is 0 Å². The molecule has 0 aromatic rings. The summed E-state index contributed by atoms with van der Waals surface area (Å²) in [6.07, 6.45) is 1.44. The predicted octanol–water partition coefficient (Wildman–Crippen LogP) is 0.958. The molecule has 3 heteroatoms. The van der Waals surface area contributed by atoms with Crippen LogP contribution in [0.15, 0.2) is 11.8 Å². The molecule has 0 aromatic heterocycles. The Morgan fingerprint density at radius 2 is 2.12 bits per heavy atom. The molecular weight excluding hydrogens is 284 g/mol. The van der Waals surface area contributed by atoms with Gasteiger partial charge >= 0.3 is 59.0 Å². The van der Waals surface area contributed by atoms with Crippen LogP contribution in [0.25, 0.3) is 0 Å². The summed E-state index contributed by atoms with van der Waals surface area (Å²) in [5.41, 5.74) is 0. The van der Waals surface area contributed by atoms with Crippen LogP contribution in [-0.4, -0.2) is 5.78 Å². The monoisotopic (exact) mass is 292 g/mol. The molecule has 0 amide bonds. The fourth-order valence-corrected chi connectivity index (χ4v) is 0.447. The van der Waals surface area contributed by atoms with Gasteiger partial charge in [-0.05, 0) is 0 Å². The van der Waals surface area contributed by atoms with Crippen molar-refractivity contribution in [2.24, 2.45) is 0 Å². The number of carbonyl (C=O) groups excluding carboxylic acids is 1. The van der Waals surface area contributed by atoms with Crippen molar-refractivity contribution in [3.05, 3.63) is 11.8 Å². The summed E-state index contributed by atoms with van der Waals surface area (Å²) >= 11 is 1.54. The Kier molecular flexibility index (Phi) is 3.75. The van der Waals surface area contributed by atoms with Crippen LogP contribution in [0.3, 0.4) is 0 Å². The summed E-state index contributed by atoms with van der Waals surface area (Å²) in [6, 6.07) is 0. The van der Waals surface area contributed by atoms with Crippen LogP contribution >= 0.6 is 0 Å². The number of rotatable bonds is 2. The molecule has 0 aliphatic heterocycles. The zero-order chi connectivity index (χ0) is 6.57. The van der Waals surface area contributed by atoms with E-state index in [0.717, 1.165) is 0 Å². The summed E-state index contributed by atoms with van der Waals surface area (Å²) < 4.78 is 4.70. The molecule has 0 saturated carbocycles. The quantitative estimate of drug-likeness (QED) is 0.559. The summed E-state index contributed by atoms with van der Waals surface area (Å²) in [5, 5.41) is 0. The number of carbonyl (C=O) groups is 1. The first-order valence-corrected chi connectivity index (χ1v) is 3.10. The molecule has 0 aromatic carbocycles. The van der Waals surface area contributed by atoms with Crippen LogP contribution in [0.1, 0.15) is 13.8 Å². The average molecular weight is 291 g/mol. The van der Waals surface area contributed by atoms with E-state index >= 15 is 0 Å². The molecule has 0 bridgehead atoms. The molecule has 0 radical (unpaired) electrons. The molecule has 48 valence electrons. The molecule has 0 unspecified atom stereocenters. The second-order valence-corrected chi connectivity index (χ2v) is 1.92. The minimum absolute atomic E-state index is 0.0179. The second kappa shape index (κ2) is 3.81. The van der Waals surface area contributed by atoms with E-state index in [2.05, 4.69) is 0 Å². The van der Waals surface area contributed by atoms with E-state index in [9.17, 15) is 4.79 Å². The fourth-order valence-electron chi connectivity index (χ4n) is 0.306. The SMILES string of the molecule is CC(=O)/C=C(/C)[O][Ir]. The molecular formula is C5H7IrO2. The third-order valence-corrected chi connectivity index (χ3v) is 1.29. The molecule has 2 nitrogen and oxygen atoms in total. The van der Waals surface area contributed by atoms with Gasteiger partial charge in [0.2, 0.25) is 0 Å². The maximum absolute atomic E-state index is 10.3. The van der Waals surface area contributed by atoms with Crippen molar-refractivity contribution in [2.45, 2.75) is 13.8 Å². The second-order valence-electron chi connectivity index (χ2n) is 1.43. The normalized spacial score (nSPS) is 11.2. The Bertz CT molecular complexity index is 118. The molecule has 8 heavy (non-hydrogen) atoms. The summed E-state index contributed by atoms with van der Waals surface area (Å²) in [7, 11) is 0. The Hall–Kier alpha value is -0.141. The Morgan fingerprint density at radius 1 is 1.62 bits per heavy atom. The summed E-state index contributed by atoms with van der Waals surface area (Å²) in [5.74, 6) is 0.668. The van der Waals surface area contributed by atoms with Crippen molar-refractivity contribution >= 4 is 5.78 Å². The van der Waals surface area contributed by atoms with Crippen molar-refractivity contribution in [3.63, 3.8) is 0 Å². The van der Waals surface area contributed by atoms with Gasteiger partial charge < -0.3 is 0 Å². The van der Waals surface area contributed by atoms with Crippen molar-refractivity contribution in [2.75, 3.05) is 0 Å². The molecule has 0 saturated heterocycles. The molecule has 0 aliphatic rings. The van der Waals surface area contributed by atoms with Gasteiger partial charge in [0, 0.05) is 0 Å². The summed E-state index contributed by atoms with van der Waals surface area (Å²) in [4.78, 5) is 10.3. The van der Waals surface area contributed by atoms with E-state index in [1.165, 1.54) is 32.3 Å². The zero-order valence-electron chi connectivity index (χ0n) is 4.73. The molecule has 0 fully saturated rings. The first-order chi connectivity index (χ1) is 3.66. The van der Waals surface area contributed by atoms with E-state index < -0.39 is 0 Å². The molecule has 0 N–H and O–H groups in total. The zero-order valence-corrected chi connectivity index (χ0v) is 7.12. The van der Waals surface area contributed by atoms with Crippen LogP contribution in [-0.2, 0) is 27.6 Å². The number of ketones is 1. The van der Waals surface area contributed by atoms with Gasteiger partial charge in [0.25, 0.3) is 0 Å². The number of hydrogen-bond acceptors (Lipinski definition) is 2. The Labute approximate surface area is 59.5 Å². The fraction of sp³-hybridized carbons (Fsp3) is 0.400. The van der Waals surface area contributed by atoms with Crippen molar-refractivity contribution in [1.29, 1.82) is 0 Å². The van der Waals surface area contributed by atoms with E-state index in [4.69, 9.17) is 3.50 Å². The molecule has 0 atom stereocenters. The van der Waals surface area contributed by atoms with Crippen molar-refractivity contribution in [3.8, 4) is 0 Å². The van der Waals surface area contributed by atoms with Gasteiger partial charge in [0.1, 0.15) is 0 Å². The molecule has 0 spiro atoms. The standard InChI is InChI=1S/C5H8O2.Ir/c1-4(6)3-5(2)7;/h3,6H,1-2H3;/q;+1/p-1/b4-3-;. The average Bonchev–Trinajstić information content (AvgIpc) is 1.65. The third kappa shape index (κ3) is 4.03. The van der Waals surface area contributed by atoms with E-state index in [-0.39, 0.29) is 5.78 Å². The van der Waals surface area contributed by atoms with Crippen LogP contribution in [0.4, 0.5) is 0 Å². The van der Waals surface area contributed by atoms with Crippen LogP contribution in [0.2, 0.25) is 0 Å². The van der Waals surface area contributed by atoms with Gasteiger partial charge in [-0.25, -0.2) is 0 Å². The van der Waals surface area contributed by atoms with E-state index in [0.29, 0.717) is 5.76 Å². The van der Waals surface area contributed by atoms with E-state index in [1.54, 1.807) is 6.92 Å². The van der Waals surface area contributed by atoms with Gasteiger partial charge in [0.15, 0.2) is 0 Å². The van der Waals surface area contributed by atoms with Gasteiger partial charge in [-0.3, -0.25) is 0 Å². The Balaban J connectivity index is 3.75. The van der Waals surface area contributed by atoms with Crippen molar-refractivity contribution in [1.82, 2.24) is 0 Å². The van der Waals surface area contributed by atoms with Crippen LogP contribution < -0.4 is 0 Å². The predicted molar refractivity (Wildman–Crippen MR) is 25.5 cm³/mol. The first kappa shape index (κ1) is 7.86. The van der Waals surface area contributed by atoms with Crippen LogP contribution in [0.5, 0.6) is 0 Å². The number of allylic oxidation sites excluding steroid dienone is 2. The van der Waals surface area contributed by atoms with E-state index in [1.807, 2.05) is 0 Å².